The predicted molar refractivity (Wildman–Crippen MR) is 63.8 cm³/mol. The first-order valence-electron chi connectivity index (χ1n) is 6.11. The molecule has 0 bridgehead atoms. The monoisotopic (exact) mass is 224 g/mol. The van der Waals surface area contributed by atoms with Crippen molar-refractivity contribution in [2.45, 2.75) is 58.3 Å². The van der Waals surface area contributed by atoms with Crippen LogP contribution >= 0.6 is 0 Å². The summed E-state index contributed by atoms with van der Waals surface area (Å²) in [4.78, 5) is 7.42. The lowest BCUT2D eigenvalue weighted by atomic mass is 9.79. The maximum Gasteiger partial charge on any atom is 0.308 e. The summed E-state index contributed by atoms with van der Waals surface area (Å²) in [5.74, 6) is 0. The largest absolute Gasteiger partial charge is 0.308 e. The number of rotatable bonds is 6. The van der Waals surface area contributed by atoms with Crippen LogP contribution in [0.1, 0.15) is 58.6 Å². The quantitative estimate of drug-likeness (QED) is 0.541. The van der Waals surface area contributed by atoms with E-state index in [1.807, 2.05) is 6.07 Å². The first-order valence-corrected chi connectivity index (χ1v) is 6.11. The van der Waals surface area contributed by atoms with Crippen molar-refractivity contribution in [1.82, 2.24) is 9.97 Å². The zero-order chi connectivity index (χ0) is 12.0. The lowest BCUT2D eigenvalue weighted by Gasteiger charge is -2.27. The van der Waals surface area contributed by atoms with E-state index in [9.17, 15) is 4.39 Å². The van der Waals surface area contributed by atoms with Crippen LogP contribution in [-0.4, -0.2) is 9.97 Å². The second-order valence-electron chi connectivity index (χ2n) is 4.58. The second kappa shape index (κ2) is 5.92. The number of aromatic nitrogens is 2. The summed E-state index contributed by atoms with van der Waals surface area (Å²) < 4.78 is 13.0. The Balaban J connectivity index is 2.78. The third-order valence-corrected chi connectivity index (χ3v) is 3.36. The van der Waals surface area contributed by atoms with Gasteiger partial charge in [0.05, 0.1) is 5.69 Å². The first-order chi connectivity index (χ1) is 7.62. The molecule has 1 unspecified atom stereocenters. The van der Waals surface area contributed by atoms with Gasteiger partial charge in [-0.3, -0.25) is 0 Å². The van der Waals surface area contributed by atoms with Gasteiger partial charge in [-0.05, 0) is 18.9 Å². The first kappa shape index (κ1) is 13.1. The average Bonchev–Trinajstić information content (AvgIpc) is 2.29. The van der Waals surface area contributed by atoms with E-state index in [0.29, 0.717) is 0 Å². The Labute approximate surface area is 97.3 Å². The Morgan fingerprint density at radius 3 is 2.62 bits per heavy atom. The molecule has 1 aromatic rings. The summed E-state index contributed by atoms with van der Waals surface area (Å²) in [6.07, 6.45) is 6.53. The predicted octanol–water partition coefficient (Wildman–Crippen LogP) is 3.86. The fourth-order valence-corrected chi connectivity index (χ4v) is 1.92. The molecule has 0 saturated heterocycles. The van der Waals surface area contributed by atoms with E-state index in [-0.39, 0.29) is 5.41 Å². The molecule has 0 aromatic carbocycles. The molecule has 1 aromatic heterocycles. The molecule has 0 radical (unpaired) electrons. The smallest absolute Gasteiger partial charge is 0.211 e. The van der Waals surface area contributed by atoms with E-state index in [4.69, 9.17) is 0 Å². The van der Waals surface area contributed by atoms with E-state index < -0.39 is 6.08 Å². The van der Waals surface area contributed by atoms with Gasteiger partial charge in [0.25, 0.3) is 0 Å². The number of unbranched alkanes of at least 4 members (excludes halogenated alkanes) is 2. The Morgan fingerprint density at radius 1 is 1.31 bits per heavy atom. The standard InChI is InChI=1S/C13H21FN2/c1-4-6-7-9-13(3,5-2)11-8-10-15-12(14)16-11/h8,10H,4-7,9H2,1-3H3. The summed E-state index contributed by atoms with van der Waals surface area (Å²) in [5.41, 5.74) is 0.817. The Kier molecular flexibility index (Phi) is 4.84. The molecular weight excluding hydrogens is 203 g/mol. The molecule has 0 spiro atoms. The summed E-state index contributed by atoms with van der Waals surface area (Å²) in [7, 11) is 0. The third-order valence-electron chi connectivity index (χ3n) is 3.36. The molecule has 0 N–H and O–H groups in total. The van der Waals surface area contributed by atoms with Crippen LogP contribution < -0.4 is 0 Å². The normalized spacial score (nSPS) is 14.8. The second-order valence-corrected chi connectivity index (χ2v) is 4.58. The van der Waals surface area contributed by atoms with Crippen molar-refractivity contribution in [2.75, 3.05) is 0 Å². The molecule has 0 aliphatic rings. The van der Waals surface area contributed by atoms with Gasteiger partial charge in [-0.25, -0.2) is 9.97 Å². The highest BCUT2D eigenvalue weighted by Gasteiger charge is 2.25. The lowest BCUT2D eigenvalue weighted by molar-refractivity contribution is 0.378. The van der Waals surface area contributed by atoms with E-state index in [1.54, 1.807) is 0 Å². The van der Waals surface area contributed by atoms with Gasteiger partial charge >= 0.3 is 6.08 Å². The van der Waals surface area contributed by atoms with Crippen LogP contribution in [0.2, 0.25) is 0 Å². The van der Waals surface area contributed by atoms with Gasteiger partial charge in [0, 0.05) is 11.6 Å². The zero-order valence-electron chi connectivity index (χ0n) is 10.5. The molecule has 3 heteroatoms. The molecule has 1 rings (SSSR count). The van der Waals surface area contributed by atoms with Crippen LogP contribution in [0.4, 0.5) is 4.39 Å². The molecule has 0 fully saturated rings. The molecule has 0 saturated carbocycles. The van der Waals surface area contributed by atoms with Crippen molar-refractivity contribution in [3.8, 4) is 0 Å². The van der Waals surface area contributed by atoms with Gasteiger partial charge in [0.1, 0.15) is 0 Å². The SMILES string of the molecule is CCCCCC(C)(CC)c1ccnc(F)n1. The Bertz CT molecular complexity index is 327. The minimum Gasteiger partial charge on any atom is -0.211 e. The van der Waals surface area contributed by atoms with Crippen LogP contribution in [0.3, 0.4) is 0 Å². The molecule has 16 heavy (non-hydrogen) atoms. The Morgan fingerprint density at radius 2 is 2.06 bits per heavy atom. The Hall–Kier alpha value is -0.990. The molecular formula is C13H21FN2. The highest BCUT2D eigenvalue weighted by Crippen LogP contribution is 2.31. The topological polar surface area (TPSA) is 25.8 Å². The molecule has 2 nitrogen and oxygen atoms in total. The maximum absolute atomic E-state index is 13.0. The number of halogens is 1. The summed E-state index contributed by atoms with van der Waals surface area (Å²) in [6.45, 7) is 6.48. The van der Waals surface area contributed by atoms with Crippen LogP contribution in [0.15, 0.2) is 12.3 Å². The van der Waals surface area contributed by atoms with E-state index in [0.717, 1.165) is 18.5 Å². The molecule has 0 aliphatic heterocycles. The van der Waals surface area contributed by atoms with E-state index >= 15 is 0 Å². The van der Waals surface area contributed by atoms with Crippen molar-refractivity contribution < 1.29 is 4.39 Å². The van der Waals surface area contributed by atoms with Crippen molar-refractivity contribution >= 4 is 0 Å². The zero-order valence-corrected chi connectivity index (χ0v) is 10.5. The molecule has 1 heterocycles. The van der Waals surface area contributed by atoms with Crippen molar-refractivity contribution in [1.29, 1.82) is 0 Å². The molecule has 0 aliphatic carbocycles. The van der Waals surface area contributed by atoms with Gasteiger partial charge in [-0.2, -0.15) is 4.39 Å². The van der Waals surface area contributed by atoms with Crippen molar-refractivity contribution in [3.05, 3.63) is 24.0 Å². The van der Waals surface area contributed by atoms with Crippen LogP contribution in [0, 0.1) is 6.08 Å². The highest BCUT2D eigenvalue weighted by molar-refractivity contribution is 5.13. The van der Waals surface area contributed by atoms with Gasteiger partial charge in [-0.15, -0.1) is 0 Å². The average molecular weight is 224 g/mol. The summed E-state index contributed by atoms with van der Waals surface area (Å²) in [5, 5.41) is 0. The molecule has 1 atom stereocenters. The molecule has 0 amide bonds. The number of hydrogen-bond donors (Lipinski definition) is 0. The van der Waals surface area contributed by atoms with Gasteiger partial charge in [0.2, 0.25) is 0 Å². The van der Waals surface area contributed by atoms with E-state index in [2.05, 4.69) is 30.7 Å². The number of nitrogens with zero attached hydrogens (tertiary/aromatic N) is 2. The van der Waals surface area contributed by atoms with Crippen LogP contribution in [0.25, 0.3) is 0 Å². The fraction of sp³-hybridized carbons (Fsp3) is 0.692. The molecule has 90 valence electrons. The van der Waals surface area contributed by atoms with Crippen molar-refractivity contribution in [3.63, 3.8) is 0 Å². The highest BCUT2D eigenvalue weighted by atomic mass is 19.1. The summed E-state index contributed by atoms with van der Waals surface area (Å²) >= 11 is 0. The third kappa shape index (κ3) is 3.26. The van der Waals surface area contributed by atoms with Gasteiger partial charge < -0.3 is 0 Å². The lowest BCUT2D eigenvalue weighted by Crippen LogP contribution is -2.23. The maximum atomic E-state index is 13.0. The number of hydrogen-bond acceptors (Lipinski definition) is 2. The van der Waals surface area contributed by atoms with Crippen molar-refractivity contribution in [2.24, 2.45) is 0 Å². The van der Waals surface area contributed by atoms with Crippen LogP contribution in [0.5, 0.6) is 0 Å². The van der Waals surface area contributed by atoms with E-state index in [1.165, 1.54) is 25.5 Å². The minimum atomic E-state index is -0.618. The van der Waals surface area contributed by atoms with Gasteiger partial charge in [0.15, 0.2) is 0 Å². The fourth-order valence-electron chi connectivity index (χ4n) is 1.92. The minimum absolute atomic E-state index is 0.0149. The van der Waals surface area contributed by atoms with Gasteiger partial charge in [-0.1, -0.05) is 40.0 Å². The summed E-state index contributed by atoms with van der Waals surface area (Å²) in [6, 6.07) is 1.83. The van der Waals surface area contributed by atoms with Crippen LogP contribution in [-0.2, 0) is 5.41 Å².